The predicted molar refractivity (Wildman–Crippen MR) is 76.4 cm³/mol. The second-order valence-corrected chi connectivity index (χ2v) is 5.74. The van der Waals surface area contributed by atoms with Crippen LogP contribution >= 0.6 is 15.9 Å². The van der Waals surface area contributed by atoms with Gasteiger partial charge in [0, 0.05) is 17.4 Å². The molecule has 0 aliphatic carbocycles. The lowest BCUT2D eigenvalue weighted by molar-refractivity contribution is -0.129. The van der Waals surface area contributed by atoms with E-state index in [9.17, 15) is 9.59 Å². The molecular formula is C14H17BrN2O2. The van der Waals surface area contributed by atoms with Gasteiger partial charge in [0.05, 0.1) is 12.0 Å². The quantitative estimate of drug-likeness (QED) is 0.895. The average molecular weight is 325 g/mol. The average Bonchev–Trinajstić information content (AvgIpc) is 2.39. The van der Waals surface area contributed by atoms with E-state index >= 15 is 0 Å². The van der Waals surface area contributed by atoms with E-state index in [2.05, 4.69) is 26.6 Å². The minimum atomic E-state index is -0.118. The molecule has 1 aromatic carbocycles. The first-order valence-electron chi connectivity index (χ1n) is 6.39. The number of hydrogen-bond acceptors (Lipinski definition) is 2. The molecule has 0 bridgehead atoms. The Morgan fingerprint density at radius 2 is 2.32 bits per heavy atom. The fourth-order valence-electron chi connectivity index (χ4n) is 2.15. The molecule has 1 aromatic rings. The number of nitrogens with one attached hydrogen (secondary N) is 2. The second kappa shape index (κ2) is 6.19. The van der Waals surface area contributed by atoms with Crippen molar-refractivity contribution in [1.29, 1.82) is 0 Å². The van der Waals surface area contributed by atoms with Gasteiger partial charge in [0.25, 0.3) is 0 Å². The Morgan fingerprint density at radius 1 is 1.53 bits per heavy atom. The third-order valence-corrected chi connectivity index (χ3v) is 3.84. The number of piperidine rings is 1. The summed E-state index contributed by atoms with van der Waals surface area (Å²) < 4.78 is 0.996. The van der Waals surface area contributed by atoms with Crippen LogP contribution in [0.3, 0.4) is 0 Å². The van der Waals surface area contributed by atoms with Crippen molar-refractivity contribution in [1.82, 2.24) is 10.6 Å². The summed E-state index contributed by atoms with van der Waals surface area (Å²) in [4.78, 5) is 23.2. The van der Waals surface area contributed by atoms with Crippen LogP contribution < -0.4 is 10.6 Å². The highest BCUT2D eigenvalue weighted by Crippen LogP contribution is 2.19. The van der Waals surface area contributed by atoms with Gasteiger partial charge in [-0.3, -0.25) is 9.59 Å². The van der Waals surface area contributed by atoms with Crippen molar-refractivity contribution in [3.63, 3.8) is 0 Å². The van der Waals surface area contributed by atoms with E-state index in [-0.39, 0.29) is 23.8 Å². The molecule has 0 saturated carbocycles. The summed E-state index contributed by atoms with van der Waals surface area (Å²) in [5.74, 6) is -0.0798. The maximum absolute atomic E-state index is 12.1. The largest absolute Gasteiger partial charge is 0.355 e. The molecule has 2 unspecified atom stereocenters. The maximum Gasteiger partial charge on any atom is 0.225 e. The first-order valence-corrected chi connectivity index (χ1v) is 7.18. The van der Waals surface area contributed by atoms with E-state index in [0.29, 0.717) is 19.4 Å². The highest BCUT2D eigenvalue weighted by molar-refractivity contribution is 9.10. The molecule has 0 spiro atoms. The van der Waals surface area contributed by atoms with Crippen LogP contribution in [-0.4, -0.2) is 18.4 Å². The Hall–Kier alpha value is -1.36. The van der Waals surface area contributed by atoms with E-state index in [1.807, 2.05) is 31.2 Å². The van der Waals surface area contributed by atoms with Crippen LogP contribution in [0.5, 0.6) is 0 Å². The molecule has 2 rings (SSSR count). The summed E-state index contributed by atoms with van der Waals surface area (Å²) in [6.07, 6.45) is 1.06. The molecule has 1 aliphatic heterocycles. The minimum Gasteiger partial charge on any atom is -0.355 e. The molecule has 2 atom stereocenters. The molecule has 0 radical (unpaired) electrons. The lowest BCUT2D eigenvalue weighted by Gasteiger charge is -2.24. The first-order chi connectivity index (χ1) is 9.06. The Bertz CT molecular complexity index is 480. The highest BCUT2D eigenvalue weighted by Gasteiger charge is 2.25. The van der Waals surface area contributed by atoms with Crippen molar-refractivity contribution in [2.75, 3.05) is 6.54 Å². The third kappa shape index (κ3) is 3.80. The summed E-state index contributed by atoms with van der Waals surface area (Å²) >= 11 is 3.42. The van der Waals surface area contributed by atoms with Crippen LogP contribution in [-0.2, 0) is 9.59 Å². The Kier molecular flexibility index (Phi) is 4.58. The fraction of sp³-hybridized carbons (Fsp3) is 0.429. The number of rotatable bonds is 3. The van der Waals surface area contributed by atoms with Crippen molar-refractivity contribution < 1.29 is 9.59 Å². The Balaban J connectivity index is 1.93. The summed E-state index contributed by atoms with van der Waals surface area (Å²) in [5, 5.41) is 5.72. The number of amides is 2. The summed E-state index contributed by atoms with van der Waals surface area (Å²) in [6, 6.07) is 7.84. The molecule has 0 aromatic heterocycles. The van der Waals surface area contributed by atoms with E-state index < -0.39 is 0 Å². The molecule has 2 amide bonds. The molecule has 4 nitrogen and oxygen atoms in total. The smallest absolute Gasteiger partial charge is 0.225 e. The first kappa shape index (κ1) is 14.1. The zero-order chi connectivity index (χ0) is 13.8. The van der Waals surface area contributed by atoms with Crippen molar-refractivity contribution in [3.05, 3.63) is 34.3 Å². The highest BCUT2D eigenvalue weighted by atomic mass is 79.9. The number of carbonyl (C=O) groups excluding carboxylic acids is 2. The van der Waals surface area contributed by atoms with Gasteiger partial charge in [-0.15, -0.1) is 0 Å². The number of hydrogen-bond donors (Lipinski definition) is 2. The van der Waals surface area contributed by atoms with Gasteiger partial charge in [-0.2, -0.15) is 0 Å². The number of benzene rings is 1. The van der Waals surface area contributed by atoms with Gasteiger partial charge in [-0.05, 0) is 31.0 Å². The second-order valence-electron chi connectivity index (χ2n) is 4.82. The minimum absolute atomic E-state index is 0.00692. The van der Waals surface area contributed by atoms with E-state index in [1.165, 1.54) is 0 Å². The fourth-order valence-corrected chi connectivity index (χ4v) is 2.56. The molecule has 1 saturated heterocycles. The number of carbonyl (C=O) groups is 2. The lowest BCUT2D eigenvalue weighted by Crippen LogP contribution is -2.43. The standard InChI is InChI=1S/C14H17BrN2O2/c1-9(10-3-2-4-12(15)7-10)17-14(19)11-5-6-13(18)16-8-11/h2-4,7,9,11H,5-6,8H2,1H3,(H,16,18)(H,17,19). The zero-order valence-corrected chi connectivity index (χ0v) is 12.4. The van der Waals surface area contributed by atoms with Crippen LogP contribution in [0.25, 0.3) is 0 Å². The van der Waals surface area contributed by atoms with Gasteiger partial charge in [-0.1, -0.05) is 28.1 Å². The van der Waals surface area contributed by atoms with Crippen molar-refractivity contribution >= 4 is 27.7 Å². The van der Waals surface area contributed by atoms with Gasteiger partial charge in [0.2, 0.25) is 11.8 Å². The zero-order valence-electron chi connectivity index (χ0n) is 10.8. The normalized spacial score (nSPS) is 20.5. The SMILES string of the molecule is CC(NC(=O)C1CCC(=O)NC1)c1cccc(Br)c1. The molecule has 5 heteroatoms. The topological polar surface area (TPSA) is 58.2 Å². The molecular weight excluding hydrogens is 308 g/mol. The van der Waals surface area contributed by atoms with E-state index in [4.69, 9.17) is 0 Å². The molecule has 102 valence electrons. The molecule has 1 fully saturated rings. The lowest BCUT2D eigenvalue weighted by atomic mass is 9.97. The van der Waals surface area contributed by atoms with E-state index in [0.717, 1.165) is 10.0 Å². The molecule has 1 aliphatic rings. The number of halogens is 1. The molecule has 2 N–H and O–H groups in total. The van der Waals surface area contributed by atoms with Gasteiger partial charge in [0.15, 0.2) is 0 Å². The Morgan fingerprint density at radius 3 is 2.95 bits per heavy atom. The summed E-state index contributed by atoms with van der Waals surface area (Å²) in [7, 11) is 0. The predicted octanol–water partition coefficient (Wildman–Crippen LogP) is 2.15. The van der Waals surface area contributed by atoms with Gasteiger partial charge < -0.3 is 10.6 Å². The van der Waals surface area contributed by atoms with Crippen LogP contribution in [0, 0.1) is 5.92 Å². The van der Waals surface area contributed by atoms with E-state index in [1.54, 1.807) is 0 Å². The van der Waals surface area contributed by atoms with Crippen LogP contribution in [0.15, 0.2) is 28.7 Å². The monoisotopic (exact) mass is 324 g/mol. The third-order valence-electron chi connectivity index (χ3n) is 3.34. The van der Waals surface area contributed by atoms with Gasteiger partial charge in [0.1, 0.15) is 0 Å². The van der Waals surface area contributed by atoms with Crippen molar-refractivity contribution in [3.8, 4) is 0 Å². The van der Waals surface area contributed by atoms with Crippen molar-refractivity contribution in [2.24, 2.45) is 5.92 Å². The van der Waals surface area contributed by atoms with Crippen LogP contribution in [0.2, 0.25) is 0 Å². The molecule has 19 heavy (non-hydrogen) atoms. The summed E-state index contributed by atoms with van der Waals surface area (Å²) in [6.45, 7) is 2.40. The van der Waals surface area contributed by atoms with Crippen molar-refractivity contribution in [2.45, 2.75) is 25.8 Å². The molecule has 1 heterocycles. The maximum atomic E-state index is 12.1. The van der Waals surface area contributed by atoms with Gasteiger partial charge in [-0.25, -0.2) is 0 Å². The van der Waals surface area contributed by atoms with Crippen LogP contribution in [0.4, 0.5) is 0 Å². The van der Waals surface area contributed by atoms with Crippen LogP contribution in [0.1, 0.15) is 31.4 Å². The Labute approximate surface area is 121 Å². The summed E-state index contributed by atoms with van der Waals surface area (Å²) in [5.41, 5.74) is 1.06. The van der Waals surface area contributed by atoms with Gasteiger partial charge >= 0.3 is 0 Å².